The molecule has 1 heterocycles. The van der Waals surface area contributed by atoms with E-state index < -0.39 is 6.04 Å². The molecule has 3 N–H and O–H groups in total. The van der Waals surface area contributed by atoms with Gasteiger partial charge in [0.05, 0.1) is 26.7 Å². The van der Waals surface area contributed by atoms with Crippen molar-refractivity contribution in [3.63, 3.8) is 0 Å². The predicted molar refractivity (Wildman–Crippen MR) is 75.8 cm³/mol. The SMILES string of the molecule is COc1ccc(C(C)NC(=O)C2CC(=O)NN2)cc1OC. The molecule has 114 valence electrons. The maximum Gasteiger partial charge on any atom is 0.239 e. The highest BCUT2D eigenvalue weighted by atomic mass is 16.5. The number of amides is 2. The molecule has 2 atom stereocenters. The molecule has 1 aliphatic heterocycles. The van der Waals surface area contributed by atoms with Gasteiger partial charge in [0, 0.05) is 0 Å². The van der Waals surface area contributed by atoms with Crippen LogP contribution in [-0.4, -0.2) is 32.1 Å². The first-order chi connectivity index (χ1) is 10.0. The van der Waals surface area contributed by atoms with Gasteiger partial charge in [0.2, 0.25) is 11.8 Å². The van der Waals surface area contributed by atoms with Gasteiger partial charge in [-0.3, -0.25) is 15.0 Å². The summed E-state index contributed by atoms with van der Waals surface area (Å²) in [6, 6.07) is 4.71. The second kappa shape index (κ2) is 6.45. The van der Waals surface area contributed by atoms with Gasteiger partial charge in [-0.2, -0.15) is 0 Å². The number of methoxy groups -OCH3 is 2. The number of hydrogen-bond acceptors (Lipinski definition) is 5. The van der Waals surface area contributed by atoms with Crippen LogP contribution in [0.25, 0.3) is 0 Å². The Bertz CT molecular complexity index is 547. The van der Waals surface area contributed by atoms with Gasteiger partial charge in [0.15, 0.2) is 11.5 Å². The number of ether oxygens (including phenoxy) is 2. The third-order valence-corrected chi connectivity index (χ3v) is 3.36. The lowest BCUT2D eigenvalue weighted by molar-refractivity contribution is -0.125. The summed E-state index contributed by atoms with van der Waals surface area (Å²) in [5.41, 5.74) is 5.95. The van der Waals surface area contributed by atoms with Gasteiger partial charge in [-0.15, -0.1) is 0 Å². The van der Waals surface area contributed by atoms with Crippen molar-refractivity contribution >= 4 is 11.8 Å². The lowest BCUT2D eigenvalue weighted by Gasteiger charge is -2.18. The molecular weight excluding hydrogens is 274 g/mol. The Kier molecular flexibility index (Phi) is 4.64. The van der Waals surface area contributed by atoms with Crippen molar-refractivity contribution in [2.45, 2.75) is 25.4 Å². The zero-order valence-electron chi connectivity index (χ0n) is 12.2. The first-order valence-corrected chi connectivity index (χ1v) is 6.61. The number of hydrazine groups is 1. The Balaban J connectivity index is 2.04. The molecule has 7 heteroatoms. The normalized spacial score (nSPS) is 18.8. The molecule has 0 aliphatic carbocycles. The number of nitrogens with one attached hydrogen (secondary N) is 3. The van der Waals surface area contributed by atoms with Crippen LogP contribution in [0.5, 0.6) is 11.5 Å². The van der Waals surface area contributed by atoms with Gasteiger partial charge < -0.3 is 14.8 Å². The monoisotopic (exact) mass is 293 g/mol. The van der Waals surface area contributed by atoms with Crippen LogP contribution in [0.15, 0.2) is 18.2 Å². The van der Waals surface area contributed by atoms with Gasteiger partial charge >= 0.3 is 0 Å². The molecule has 0 saturated carbocycles. The number of hydrogen-bond donors (Lipinski definition) is 3. The average molecular weight is 293 g/mol. The van der Waals surface area contributed by atoms with Crippen LogP contribution in [-0.2, 0) is 9.59 Å². The summed E-state index contributed by atoms with van der Waals surface area (Å²) in [5.74, 6) is 0.823. The molecule has 0 bridgehead atoms. The largest absolute Gasteiger partial charge is 0.493 e. The maximum atomic E-state index is 12.0. The van der Waals surface area contributed by atoms with E-state index in [0.29, 0.717) is 11.5 Å². The molecule has 1 aromatic rings. The molecule has 0 aromatic heterocycles. The summed E-state index contributed by atoms with van der Waals surface area (Å²) in [5, 5.41) is 2.86. The topological polar surface area (TPSA) is 88.7 Å². The smallest absolute Gasteiger partial charge is 0.239 e. The quantitative estimate of drug-likeness (QED) is 0.725. The standard InChI is InChI=1S/C14H19N3O4/c1-8(15-14(19)10-7-13(18)17-16-10)9-4-5-11(20-2)12(6-9)21-3/h4-6,8,10,16H,7H2,1-3H3,(H,15,19)(H,17,18). The number of rotatable bonds is 5. The average Bonchev–Trinajstić information content (AvgIpc) is 2.93. The summed E-state index contributed by atoms with van der Waals surface area (Å²) >= 11 is 0. The van der Waals surface area contributed by atoms with E-state index in [1.807, 2.05) is 19.1 Å². The minimum absolute atomic E-state index is 0.143. The molecule has 2 rings (SSSR count). The zero-order chi connectivity index (χ0) is 15.4. The van der Waals surface area contributed by atoms with Crippen molar-refractivity contribution in [3.05, 3.63) is 23.8 Å². The molecule has 1 aliphatic rings. The van der Waals surface area contributed by atoms with Crippen LogP contribution in [0.3, 0.4) is 0 Å². The number of benzene rings is 1. The Morgan fingerprint density at radius 2 is 2.05 bits per heavy atom. The third-order valence-electron chi connectivity index (χ3n) is 3.36. The van der Waals surface area contributed by atoms with Crippen LogP contribution in [0.1, 0.15) is 24.9 Å². The van der Waals surface area contributed by atoms with Crippen LogP contribution in [0.2, 0.25) is 0 Å². The highest BCUT2D eigenvalue weighted by Gasteiger charge is 2.28. The van der Waals surface area contributed by atoms with Crippen molar-refractivity contribution in [3.8, 4) is 11.5 Å². The Morgan fingerprint density at radius 3 is 2.62 bits per heavy atom. The Labute approximate surface area is 123 Å². The molecule has 0 radical (unpaired) electrons. The van der Waals surface area contributed by atoms with Crippen molar-refractivity contribution in [1.82, 2.24) is 16.2 Å². The van der Waals surface area contributed by atoms with Crippen molar-refractivity contribution in [1.29, 1.82) is 0 Å². The molecule has 7 nitrogen and oxygen atoms in total. The van der Waals surface area contributed by atoms with Gasteiger partial charge in [0.1, 0.15) is 6.04 Å². The van der Waals surface area contributed by atoms with Crippen molar-refractivity contribution < 1.29 is 19.1 Å². The summed E-state index contributed by atoms with van der Waals surface area (Å²) in [6.45, 7) is 1.86. The second-order valence-electron chi connectivity index (χ2n) is 4.79. The molecule has 1 aromatic carbocycles. The van der Waals surface area contributed by atoms with E-state index in [1.54, 1.807) is 20.3 Å². The van der Waals surface area contributed by atoms with E-state index in [2.05, 4.69) is 16.2 Å². The van der Waals surface area contributed by atoms with E-state index in [1.165, 1.54) is 0 Å². The molecule has 21 heavy (non-hydrogen) atoms. The number of carbonyl (C=O) groups is 2. The van der Waals surface area contributed by atoms with E-state index >= 15 is 0 Å². The van der Waals surface area contributed by atoms with Gasteiger partial charge in [-0.05, 0) is 24.6 Å². The zero-order valence-corrected chi connectivity index (χ0v) is 12.2. The fourth-order valence-corrected chi connectivity index (χ4v) is 2.13. The summed E-state index contributed by atoms with van der Waals surface area (Å²) in [7, 11) is 3.13. The lowest BCUT2D eigenvalue weighted by Crippen LogP contribution is -2.44. The van der Waals surface area contributed by atoms with Crippen molar-refractivity contribution in [2.24, 2.45) is 0 Å². The molecule has 2 unspecified atom stereocenters. The lowest BCUT2D eigenvalue weighted by atomic mass is 10.1. The van der Waals surface area contributed by atoms with Gasteiger partial charge in [-0.1, -0.05) is 6.07 Å². The molecule has 2 amide bonds. The molecule has 1 fully saturated rings. The summed E-state index contributed by atoms with van der Waals surface area (Å²) in [6.07, 6.45) is 0.143. The molecular formula is C14H19N3O4. The summed E-state index contributed by atoms with van der Waals surface area (Å²) < 4.78 is 10.4. The predicted octanol–water partition coefficient (Wildman–Crippen LogP) is 0.274. The highest BCUT2D eigenvalue weighted by molar-refractivity contribution is 5.90. The van der Waals surface area contributed by atoms with Crippen LogP contribution >= 0.6 is 0 Å². The van der Waals surface area contributed by atoms with E-state index in [0.717, 1.165) is 5.56 Å². The first kappa shape index (κ1) is 15.1. The maximum absolute atomic E-state index is 12.0. The fraction of sp³-hybridized carbons (Fsp3) is 0.429. The third kappa shape index (κ3) is 3.43. The van der Waals surface area contributed by atoms with E-state index in [-0.39, 0.29) is 24.3 Å². The highest BCUT2D eigenvalue weighted by Crippen LogP contribution is 2.29. The molecule has 0 spiro atoms. The van der Waals surface area contributed by atoms with Crippen LogP contribution < -0.4 is 25.6 Å². The van der Waals surface area contributed by atoms with Crippen molar-refractivity contribution in [2.75, 3.05) is 14.2 Å². The summed E-state index contributed by atoms with van der Waals surface area (Å²) in [4.78, 5) is 23.1. The fourth-order valence-electron chi connectivity index (χ4n) is 2.13. The van der Waals surface area contributed by atoms with Gasteiger partial charge in [0.25, 0.3) is 0 Å². The minimum Gasteiger partial charge on any atom is -0.493 e. The Morgan fingerprint density at radius 1 is 1.33 bits per heavy atom. The Hall–Kier alpha value is -2.28. The van der Waals surface area contributed by atoms with Crippen LogP contribution in [0.4, 0.5) is 0 Å². The first-order valence-electron chi connectivity index (χ1n) is 6.61. The molecule has 1 saturated heterocycles. The minimum atomic E-state index is -0.542. The second-order valence-corrected chi connectivity index (χ2v) is 4.79. The van der Waals surface area contributed by atoms with E-state index in [9.17, 15) is 9.59 Å². The van der Waals surface area contributed by atoms with Crippen LogP contribution in [0, 0.1) is 0 Å². The van der Waals surface area contributed by atoms with Gasteiger partial charge in [-0.25, -0.2) is 5.43 Å². The number of carbonyl (C=O) groups excluding carboxylic acids is 2. The van der Waals surface area contributed by atoms with E-state index in [4.69, 9.17) is 9.47 Å².